The van der Waals surface area contributed by atoms with Gasteiger partial charge in [0.25, 0.3) is 0 Å². The molecule has 1 aromatic heterocycles. The molecule has 0 aliphatic carbocycles. The van der Waals surface area contributed by atoms with E-state index in [0.717, 1.165) is 47.7 Å². The Balaban J connectivity index is 1.66. The zero-order chi connectivity index (χ0) is 17.1. The van der Waals surface area contributed by atoms with Crippen LogP contribution in [0.1, 0.15) is 30.7 Å². The first-order chi connectivity index (χ1) is 11.6. The number of ether oxygens (including phenoxy) is 1. The van der Waals surface area contributed by atoms with Gasteiger partial charge in [-0.3, -0.25) is 10.00 Å². The van der Waals surface area contributed by atoms with Crippen LogP contribution in [-0.2, 0) is 26.3 Å². The summed E-state index contributed by atoms with van der Waals surface area (Å²) in [6.45, 7) is 4.63. The summed E-state index contributed by atoms with van der Waals surface area (Å²) < 4.78 is 7.46. The molecule has 2 N–H and O–H groups in total. The van der Waals surface area contributed by atoms with Gasteiger partial charge >= 0.3 is 6.03 Å². The third kappa shape index (κ3) is 3.22. The van der Waals surface area contributed by atoms with Crippen molar-refractivity contribution in [2.75, 3.05) is 11.9 Å². The summed E-state index contributed by atoms with van der Waals surface area (Å²) in [7, 11) is 1.86. The minimum atomic E-state index is -0.219. The van der Waals surface area contributed by atoms with E-state index in [4.69, 9.17) is 4.74 Å². The highest BCUT2D eigenvalue weighted by Gasteiger charge is 2.22. The second kappa shape index (κ2) is 6.95. The molecule has 1 aromatic carbocycles. The largest absolute Gasteiger partial charge is 0.491 e. The molecule has 6 nitrogen and oxygen atoms in total. The van der Waals surface area contributed by atoms with Crippen molar-refractivity contribution in [2.45, 2.75) is 39.2 Å². The van der Waals surface area contributed by atoms with E-state index >= 15 is 0 Å². The number of fused-ring (bicyclic) bond motifs is 1. The van der Waals surface area contributed by atoms with E-state index in [2.05, 4.69) is 29.6 Å². The summed E-state index contributed by atoms with van der Waals surface area (Å²) >= 11 is 0. The monoisotopic (exact) mass is 328 g/mol. The minimum Gasteiger partial charge on any atom is -0.491 e. The Bertz CT molecular complexity index is 739. The Morgan fingerprint density at radius 2 is 2.12 bits per heavy atom. The Hall–Kier alpha value is -2.50. The number of hydrogen-bond donors (Lipinski definition) is 2. The van der Waals surface area contributed by atoms with Gasteiger partial charge < -0.3 is 10.1 Å². The van der Waals surface area contributed by atoms with E-state index in [1.807, 2.05) is 31.3 Å². The average molecular weight is 328 g/mol. The van der Waals surface area contributed by atoms with Gasteiger partial charge in [0.2, 0.25) is 0 Å². The normalized spacial score (nSPS) is 16.2. The van der Waals surface area contributed by atoms with Crippen LogP contribution in [0.5, 0.6) is 5.75 Å². The van der Waals surface area contributed by atoms with Crippen molar-refractivity contribution in [3.05, 3.63) is 41.1 Å². The van der Waals surface area contributed by atoms with Crippen LogP contribution in [0.15, 0.2) is 24.3 Å². The van der Waals surface area contributed by atoms with Crippen LogP contribution in [0.25, 0.3) is 0 Å². The maximum Gasteiger partial charge on any atom is 0.320 e. The van der Waals surface area contributed by atoms with Gasteiger partial charge in [0.15, 0.2) is 0 Å². The summed E-state index contributed by atoms with van der Waals surface area (Å²) in [6, 6.07) is 7.68. The number of nitrogens with zero attached hydrogens (tertiary/aromatic N) is 2. The predicted molar refractivity (Wildman–Crippen MR) is 93.5 cm³/mol. The highest BCUT2D eigenvalue weighted by atomic mass is 16.5. The molecule has 0 unspecified atom stereocenters. The number of anilines is 1. The minimum absolute atomic E-state index is 0.0381. The number of aromatic nitrogens is 2. The third-order valence-corrected chi connectivity index (χ3v) is 4.36. The summed E-state index contributed by atoms with van der Waals surface area (Å²) in [6.07, 6.45) is 2.47. The number of urea groups is 1. The number of carbonyl (C=O) groups is 1. The molecule has 2 amide bonds. The van der Waals surface area contributed by atoms with Crippen LogP contribution in [-0.4, -0.2) is 28.5 Å². The Labute approximate surface area is 142 Å². The molecule has 0 bridgehead atoms. The predicted octanol–water partition coefficient (Wildman–Crippen LogP) is 2.67. The van der Waals surface area contributed by atoms with Crippen LogP contribution < -0.4 is 15.4 Å². The maximum atomic E-state index is 12.4. The number of hydrogen-bond acceptors (Lipinski definition) is 3. The number of nitrogens with one attached hydrogen (secondary N) is 2. The molecule has 1 aliphatic heterocycles. The van der Waals surface area contributed by atoms with Crippen molar-refractivity contribution in [3.8, 4) is 5.75 Å². The van der Waals surface area contributed by atoms with E-state index in [-0.39, 0.29) is 12.1 Å². The standard InChI is InChI=1S/C18H24N4O2/c1-4-14-15(5-2)21-22(3)17(14)20-18(23)19-13-10-12-8-6-7-9-16(12)24-11-13/h6-9,13H,4-5,10-11H2,1-3H3,(H2,19,20,23)/t13-/m0/s1. The number of amides is 2. The van der Waals surface area contributed by atoms with Gasteiger partial charge in [0, 0.05) is 12.6 Å². The summed E-state index contributed by atoms with van der Waals surface area (Å²) in [5.74, 6) is 1.67. The zero-order valence-corrected chi connectivity index (χ0v) is 14.4. The van der Waals surface area contributed by atoms with E-state index in [9.17, 15) is 4.79 Å². The molecule has 1 atom stereocenters. The van der Waals surface area contributed by atoms with E-state index < -0.39 is 0 Å². The van der Waals surface area contributed by atoms with Crippen molar-refractivity contribution >= 4 is 11.8 Å². The lowest BCUT2D eigenvalue weighted by Crippen LogP contribution is -2.44. The van der Waals surface area contributed by atoms with Gasteiger partial charge in [-0.1, -0.05) is 32.0 Å². The fourth-order valence-electron chi connectivity index (χ4n) is 3.19. The highest BCUT2D eigenvalue weighted by Crippen LogP contribution is 2.24. The quantitative estimate of drug-likeness (QED) is 0.907. The number of benzene rings is 1. The van der Waals surface area contributed by atoms with Crippen molar-refractivity contribution < 1.29 is 9.53 Å². The molecule has 128 valence electrons. The molecule has 0 saturated heterocycles. The fraction of sp³-hybridized carbons (Fsp3) is 0.444. The van der Waals surface area contributed by atoms with Crippen LogP contribution in [0.2, 0.25) is 0 Å². The smallest absolute Gasteiger partial charge is 0.320 e. The van der Waals surface area contributed by atoms with Crippen LogP contribution in [0.3, 0.4) is 0 Å². The summed E-state index contributed by atoms with van der Waals surface area (Å²) in [5, 5.41) is 10.4. The van der Waals surface area contributed by atoms with Gasteiger partial charge in [-0.2, -0.15) is 5.10 Å². The van der Waals surface area contributed by atoms with Crippen LogP contribution in [0.4, 0.5) is 10.6 Å². The molecule has 2 heterocycles. The van der Waals surface area contributed by atoms with Gasteiger partial charge in [0.05, 0.1) is 11.7 Å². The molecule has 0 saturated carbocycles. The number of aryl methyl sites for hydroxylation is 2. The van der Waals surface area contributed by atoms with Gasteiger partial charge in [-0.25, -0.2) is 4.79 Å². The zero-order valence-electron chi connectivity index (χ0n) is 14.4. The molecule has 0 radical (unpaired) electrons. The van der Waals surface area contributed by atoms with Crippen LogP contribution >= 0.6 is 0 Å². The van der Waals surface area contributed by atoms with Crippen molar-refractivity contribution in [3.63, 3.8) is 0 Å². The molecule has 6 heteroatoms. The number of rotatable bonds is 4. The van der Waals surface area contributed by atoms with E-state index in [1.54, 1.807) is 4.68 Å². The van der Waals surface area contributed by atoms with Gasteiger partial charge in [-0.05, 0) is 30.9 Å². The van der Waals surface area contributed by atoms with Gasteiger partial charge in [0.1, 0.15) is 18.2 Å². The molecule has 1 aliphatic rings. The first kappa shape index (κ1) is 16.4. The maximum absolute atomic E-state index is 12.4. The molecule has 3 rings (SSSR count). The van der Waals surface area contributed by atoms with Crippen LogP contribution in [0, 0.1) is 0 Å². The van der Waals surface area contributed by atoms with E-state index in [1.165, 1.54) is 0 Å². The SMILES string of the molecule is CCc1nn(C)c(NC(=O)N[C@@H]2COc3ccccc3C2)c1CC. The Morgan fingerprint density at radius 1 is 1.33 bits per heavy atom. The molecule has 0 spiro atoms. The van der Waals surface area contributed by atoms with Crippen molar-refractivity contribution in [1.29, 1.82) is 0 Å². The lowest BCUT2D eigenvalue weighted by molar-refractivity contribution is 0.222. The second-order valence-electron chi connectivity index (χ2n) is 6.02. The molecular formula is C18H24N4O2. The number of carbonyl (C=O) groups excluding carboxylic acids is 1. The number of para-hydroxylation sites is 1. The van der Waals surface area contributed by atoms with E-state index in [0.29, 0.717) is 6.61 Å². The molecule has 2 aromatic rings. The Morgan fingerprint density at radius 3 is 2.88 bits per heavy atom. The molecule has 0 fully saturated rings. The van der Waals surface area contributed by atoms with Crippen molar-refractivity contribution in [2.24, 2.45) is 7.05 Å². The average Bonchev–Trinajstić information content (AvgIpc) is 2.89. The highest BCUT2D eigenvalue weighted by molar-refractivity contribution is 5.89. The third-order valence-electron chi connectivity index (χ3n) is 4.36. The summed E-state index contributed by atoms with van der Waals surface area (Å²) in [4.78, 5) is 12.4. The lowest BCUT2D eigenvalue weighted by atomic mass is 10.0. The van der Waals surface area contributed by atoms with Gasteiger partial charge in [-0.15, -0.1) is 0 Å². The Kier molecular flexibility index (Phi) is 4.74. The molecule has 24 heavy (non-hydrogen) atoms. The molecular weight excluding hydrogens is 304 g/mol. The topological polar surface area (TPSA) is 68.2 Å². The van der Waals surface area contributed by atoms with Crippen molar-refractivity contribution in [1.82, 2.24) is 15.1 Å². The lowest BCUT2D eigenvalue weighted by Gasteiger charge is -2.26. The fourth-order valence-corrected chi connectivity index (χ4v) is 3.19. The first-order valence-electron chi connectivity index (χ1n) is 8.45. The summed E-state index contributed by atoms with van der Waals surface area (Å²) in [5.41, 5.74) is 3.25. The second-order valence-corrected chi connectivity index (χ2v) is 6.02. The first-order valence-corrected chi connectivity index (χ1v) is 8.45.